The van der Waals surface area contributed by atoms with Gasteiger partial charge in [0.2, 0.25) is 0 Å². The highest BCUT2D eigenvalue weighted by atomic mass is 19.4. The summed E-state index contributed by atoms with van der Waals surface area (Å²) in [7, 11) is 0. The number of aromatic nitrogens is 6. The average molecular weight is 445 g/mol. The summed E-state index contributed by atoms with van der Waals surface area (Å²) in [6.07, 6.45) is -1.01. The van der Waals surface area contributed by atoms with Gasteiger partial charge in [0.05, 0.1) is 24.4 Å². The minimum atomic E-state index is -4.47. The van der Waals surface area contributed by atoms with Crippen LogP contribution in [0, 0.1) is 6.92 Å². The van der Waals surface area contributed by atoms with Gasteiger partial charge in [0.15, 0.2) is 17.8 Å². The Bertz CT molecular complexity index is 1270. The van der Waals surface area contributed by atoms with Gasteiger partial charge in [0.25, 0.3) is 5.89 Å². The minimum Gasteiger partial charge on any atom is -0.362 e. The lowest BCUT2D eigenvalue weighted by molar-refractivity contribution is -0.137. The number of imidazole rings is 1. The Morgan fingerprint density at radius 3 is 2.69 bits per heavy atom. The van der Waals surface area contributed by atoms with E-state index in [9.17, 15) is 13.2 Å². The molecule has 9 nitrogen and oxygen atoms in total. The molecule has 0 aromatic carbocycles. The SMILES string of the molecule is Cc1noc(C2CN(c3ccnc(-c4cnc5ccc(C(F)(F)F)cn45)n3)CC(C)O2)n1. The van der Waals surface area contributed by atoms with Crippen molar-refractivity contribution in [2.24, 2.45) is 0 Å². The number of hydrogen-bond donors (Lipinski definition) is 0. The van der Waals surface area contributed by atoms with Crippen molar-refractivity contribution in [1.29, 1.82) is 0 Å². The van der Waals surface area contributed by atoms with Crippen molar-refractivity contribution in [3.63, 3.8) is 0 Å². The molecule has 2 atom stereocenters. The number of hydrogen-bond acceptors (Lipinski definition) is 8. The van der Waals surface area contributed by atoms with Crippen molar-refractivity contribution in [3.8, 4) is 11.5 Å². The van der Waals surface area contributed by atoms with E-state index in [1.54, 1.807) is 19.2 Å². The van der Waals surface area contributed by atoms with Gasteiger partial charge < -0.3 is 14.2 Å². The number of ether oxygens (including phenoxy) is 1. The number of pyridine rings is 1. The van der Waals surface area contributed by atoms with Crippen LogP contribution in [0.25, 0.3) is 17.2 Å². The molecule has 0 radical (unpaired) electrons. The second-order valence-electron chi connectivity index (χ2n) is 7.55. The monoisotopic (exact) mass is 445 g/mol. The lowest BCUT2D eigenvalue weighted by Crippen LogP contribution is -2.43. The number of fused-ring (bicyclic) bond motifs is 1. The van der Waals surface area contributed by atoms with Crippen LogP contribution in [0.2, 0.25) is 0 Å². The Hall–Kier alpha value is -3.54. The van der Waals surface area contributed by atoms with Gasteiger partial charge in [0, 0.05) is 18.9 Å². The fourth-order valence-electron chi connectivity index (χ4n) is 3.68. The van der Waals surface area contributed by atoms with E-state index in [1.165, 1.54) is 16.7 Å². The van der Waals surface area contributed by atoms with E-state index >= 15 is 0 Å². The van der Waals surface area contributed by atoms with Crippen LogP contribution in [-0.4, -0.2) is 48.7 Å². The Balaban J connectivity index is 1.48. The smallest absolute Gasteiger partial charge is 0.362 e. The summed E-state index contributed by atoms with van der Waals surface area (Å²) in [6.45, 7) is 4.64. The molecule has 1 saturated heterocycles. The Morgan fingerprint density at radius 1 is 1.09 bits per heavy atom. The van der Waals surface area contributed by atoms with E-state index < -0.39 is 17.8 Å². The van der Waals surface area contributed by atoms with Crippen LogP contribution in [0.3, 0.4) is 0 Å². The molecule has 12 heteroatoms. The van der Waals surface area contributed by atoms with E-state index in [4.69, 9.17) is 9.26 Å². The third-order valence-electron chi connectivity index (χ3n) is 5.11. The van der Waals surface area contributed by atoms with Gasteiger partial charge in [-0.2, -0.15) is 18.2 Å². The van der Waals surface area contributed by atoms with Gasteiger partial charge in [-0.15, -0.1) is 0 Å². The summed E-state index contributed by atoms with van der Waals surface area (Å²) in [5.41, 5.74) is -0.0488. The minimum absolute atomic E-state index is 0.135. The van der Waals surface area contributed by atoms with Gasteiger partial charge in [-0.1, -0.05) is 5.16 Å². The average Bonchev–Trinajstić information content (AvgIpc) is 3.38. The van der Waals surface area contributed by atoms with Crippen LogP contribution in [-0.2, 0) is 10.9 Å². The first-order chi connectivity index (χ1) is 15.3. The lowest BCUT2D eigenvalue weighted by Gasteiger charge is -2.36. The lowest BCUT2D eigenvalue weighted by atomic mass is 10.2. The summed E-state index contributed by atoms with van der Waals surface area (Å²) in [5.74, 6) is 1.77. The van der Waals surface area contributed by atoms with Crippen molar-refractivity contribution in [1.82, 2.24) is 29.5 Å². The number of anilines is 1. The topological polar surface area (TPSA) is 94.5 Å². The Morgan fingerprint density at radius 2 is 1.94 bits per heavy atom. The van der Waals surface area contributed by atoms with Crippen LogP contribution in [0.15, 0.2) is 41.3 Å². The molecule has 1 aliphatic heterocycles. The molecule has 32 heavy (non-hydrogen) atoms. The third kappa shape index (κ3) is 3.77. The third-order valence-corrected chi connectivity index (χ3v) is 5.11. The molecule has 0 spiro atoms. The highest BCUT2D eigenvalue weighted by molar-refractivity contribution is 5.59. The molecule has 1 fully saturated rings. The highest BCUT2D eigenvalue weighted by Crippen LogP contribution is 2.31. The first-order valence-corrected chi connectivity index (χ1v) is 9.86. The maximum absolute atomic E-state index is 13.2. The molecule has 5 heterocycles. The zero-order chi connectivity index (χ0) is 22.5. The second-order valence-corrected chi connectivity index (χ2v) is 7.55. The molecule has 4 aromatic rings. The van der Waals surface area contributed by atoms with Crippen molar-refractivity contribution in [2.75, 3.05) is 18.0 Å². The summed E-state index contributed by atoms with van der Waals surface area (Å²) >= 11 is 0. The normalized spacial score (nSPS) is 19.6. The van der Waals surface area contributed by atoms with Crippen LogP contribution in [0.4, 0.5) is 19.0 Å². The fourth-order valence-corrected chi connectivity index (χ4v) is 3.68. The van der Waals surface area contributed by atoms with E-state index in [-0.39, 0.29) is 11.9 Å². The van der Waals surface area contributed by atoms with Gasteiger partial charge in [-0.05, 0) is 32.0 Å². The van der Waals surface area contributed by atoms with Crippen LogP contribution in [0.5, 0.6) is 0 Å². The quantitative estimate of drug-likeness (QED) is 0.473. The predicted octanol–water partition coefficient (Wildman–Crippen LogP) is 3.47. The molecule has 0 amide bonds. The van der Waals surface area contributed by atoms with Crippen molar-refractivity contribution in [3.05, 3.63) is 54.1 Å². The molecule has 2 unspecified atom stereocenters. The number of morpholine rings is 1. The summed E-state index contributed by atoms with van der Waals surface area (Å²) < 4.78 is 52.1. The first-order valence-electron chi connectivity index (χ1n) is 9.86. The molecule has 0 aliphatic carbocycles. The van der Waals surface area contributed by atoms with E-state index in [2.05, 4.69) is 25.1 Å². The zero-order valence-electron chi connectivity index (χ0n) is 17.1. The number of halogens is 3. The predicted molar refractivity (Wildman–Crippen MR) is 106 cm³/mol. The van der Waals surface area contributed by atoms with Crippen molar-refractivity contribution in [2.45, 2.75) is 32.2 Å². The number of nitrogens with zero attached hydrogens (tertiary/aromatic N) is 7. The van der Waals surface area contributed by atoms with Crippen LogP contribution >= 0.6 is 0 Å². The van der Waals surface area contributed by atoms with Crippen molar-refractivity contribution >= 4 is 11.5 Å². The summed E-state index contributed by atoms with van der Waals surface area (Å²) in [4.78, 5) is 19.3. The maximum Gasteiger partial charge on any atom is 0.417 e. The van der Waals surface area contributed by atoms with E-state index in [0.717, 1.165) is 12.3 Å². The molecule has 1 aliphatic rings. The highest BCUT2D eigenvalue weighted by Gasteiger charge is 2.32. The number of alkyl halides is 3. The van der Waals surface area contributed by atoms with Gasteiger partial charge in [-0.3, -0.25) is 4.40 Å². The van der Waals surface area contributed by atoms with Crippen molar-refractivity contribution < 1.29 is 22.4 Å². The standard InChI is InChI=1S/C20H18F3N7O2/c1-11-8-29(10-15(31-11)19-26-12(2)28-32-19)17-5-6-24-18(27-17)14-7-25-16-4-3-13(9-30(14)16)20(21,22)23/h3-7,9,11,15H,8,10H2,1-2H3. The first kappa shape index (κ1) is 20.4. The van der Waals surface area contributed by atoms with Gasteiger partial charge >= 0.3 is 6.18 Å². The maximum atomic E-state index is 13.2. The molecular weight excluding hydrogens is 427 g/mol. The van der Waals surface area contributed by atoms with Gasteiger partial charge in [0.1, 0.15) is 17.2 Å². The van der Waals surface area contributed by atoms with Crippen LogP contribution < -0.4 is 4.90 Å². The number of aryl methyl sites for hydroxylation is 1. The molecular formula is C20H18F3N7O2. The molecule has 5 rings (SSSR count). The number of rotatable bonds is 3. The van der Waals surface area contributed by atoms with E-state index in [0.29, 0.717) is 42.0 Å². The molecule has 0 N–H and O–H groups in total. The van der Waals surface area contributed by atoms with Gasteiger partial charge in [-0.25, -0.2) is 15.0 Å². The molecule has 4 aromatic heterocycles. The summed E-state index contributed by atoms with van der Waals surface area (Å²) in [5, 5.41) is 3.82. The molecule has 0 bridgehead atoms. The summed E-state index contributed by atoms with van der Waals surface area (Å²) in [6, 6.07) is 4.05. The van der Waals surface area contributed by atoms with E-state index in [1.807, 2.05) is 11.8 Å². The largest absolute Gasteiger partial charge is 0.417 e. The Kier molecular flexibility index (Phi) is 4.81. The molecule has 166 valence electrons. The molecule has 0 saturated carbocycles. The van der Waals surface area contributed by atoms with Crippen LogP contribution in [0.1, 0.15) is 30.3 Å². The Labute approximate surface area is 179 Å². The zero-order valence-corrected chi connectivity index (χ0v) is 17.1. The second kappa shape index (κ2) is 7.55. The fraction of sp³-hybridized carbons (Fsp3) is 0.350.